The predicted octanol–water partition coefficient (Wildman–Crippen LogP) is 3.01. The molecule has 1 rings (SSSR count). The van der Waals surface area contributed by atoms with Crippen LogP contribution in [0.1, 0.15) is 13.3 Å². The van der Waals surface area contributed by atoms with Gasteiger partial charge in [0.2, 0.25) is 0 Å². The molecular formula is C10H12. The normalized spacial score (nSPS) is 14.3. The summed E-state index contributed by atoms with van der Waals surface area (Å²) < 4.78 is 0. The highest BCUT2D eigenvalue weighted by Crippen LogP contribution is 2.15. The molecule has 10 heavy (non-hydrogen) atoms. The molecule has 0 amide bonds. The first-order valence-corrected chi connectivity index (χ1v) is 3.50. The van der Waals surface area contributed by atoms with Crippen molar-refractivity contribution in [3.05, 3.63) is 48.1 Å². The van der Waals surface area contributed by atoms with Gasteiger partial charge < -0.3 is 0 Å². The molecule has 0 radical (unpaired) electrons. The summed E-state index contributed by atoms with van der Waals surface area (Å²) in [6, 6.07) is 0. The third kappa shape index (κ3) is 1.47. The van der Waals surface area contributed by atoms with Crippen LogP contribution in [0.2, 0.25) is 0 Å². The lowest BCUT2D eigenvalue weighted by molar-refractivity contribution is 1.19. The summed E-state index contributed by atoms with van der Waals surface area (Å²) in [5, 5.41) is 0. The molecule has 0 N–H and O–H groups in total. The fraction of sp³-hybridized carbons (Fsp3) is 0.200. The van der Waals surface area contributed by atoms with Crippen LogP contribution < -0.4 is 0 Å². The van der Waals surface area contributed by atoms with E-state index in [0.717, 1.165) is 6.42 Å². The van der Waals surface area contributed by atoms with Gasteiger partial charge in [0.05, 0.1) is 0 Å². The van der Waals surface area contributed by atoms with Gasteiger partial charge in [-0.25, -0.2) is 0 Å². The Labute approximate surface area is 62.3 Å². The van der Waals surface area contributed by atoms with Crippen molar-refractivity contribution in [1.82, 2.24) is 0 Å². The second kappa shape index (κ2) is 3.21. The summed E-state index contributed by atoms with van der Waals surface area (Å²) in [5.74, 6) is 0. The van der Waals surface area contributed by atoms with Gasteiger partial charge in [0.1, 0.15) is 0 Å². The van der Waals surface area contributed by atoms with Gasteiger partial charge in [-0.2, -0.15) is 0 Å². The van der Waals surface area contributed by atoms with E-state index in [4.69, 9.17) is 0 Å². The molecule has 0 aromatic rings. The third-order valence-electron chi connectivity index (χ3n) is 1.61. The van der Waals surface area contributed by atoms with Crippen LogP contribution in [0, 0.1) is 0 Å². The third-order valence-corrected chi connectivity index (χ3v) is 1.61. The van der Waals surface area contributed by atoms with Gasteiger partial charge in [-0.15, -0.1) is 6.58 Å². The Balaban J connectivity index is 2.74. The van der Waals surface area contributed by atoms with Gasteiger partial charge in [-0.05, 0) is 18.9 Å². The maximum absolute atomic E-state index is 3.69. The Bertz CT molecular complexity index is 200. The van der Waals surface area contributed by atoms with E-state index in [1.54, 1.807) is 0 Å². The lowest BCUT2D eigenvalue weighted by Gasteiger charge is -1.97. The van der Waals surface area contributed by atoms with Gasteiger partial charge >= 0.3 is 0 Å². The molecule has 0 saturated carbocycles. The van der Waals surface area contributed by atoms with E-state index < -0.39 is 0 Å². The number of hydrogen-bond acceptors (Lipinski definition) is 0. The van der Waals surface area contributed by atoms with Crippen molar-refractivity contribution in [2.45, 2.75) is 13.3 Å². The molecule has 0 heteroatoms. The molecule has 52 valence electrons. The minimum Gasteiger partial charge on any atom is -0.103 e. The van der Waals surface area contributed by atoms with E-state index in [9.17, 15) is 0 Å². The molecule has 0 unspecified atom stereocenters. The summed E-state index contributed by atoms with van der Waals surface area (Å²) >= 11 is 0. The van der Waals surface area contributed by atoms with Gasteiger partial charge in [0, 0.05) is 0 Å². The van der Waals surface area contributed by atoms with Crippen LogP contribution >= 0.6 is 0 Å². The van der Waals surface area contributed by atoms with E-state index >= 15 is 0 Å². The second-order valence-electron chi connectivity index (χ2n) is 2.45. The second-order valence-corrected chi connectivity index (χ2v) is 2.45. The maximum atomic E-state index is 3.69. The largest absolute Gasteiger partial charge is 0.103 e. The lowest BCUT2D eigenvalue weighted by atomic mass is 10.1. The number of rotatable bonds is 2. The summed E-state index contributed by atoms with van der Waals surface area (Å²) in [4.78, 5) is 0. The van der Waals surface area contributed by atoms with Crippen LogP contribution in [0.4, 0.5) is 0 Å². The van der Waals surface area contributed by atoms with Crippen LogP contribution in [-0.4, -0.2) is 0 Å². The molecule has 0 bridgehead atoms. The van der Waals surface area contributed by atoms with Gasteiger partial charge in [-0.1, -0.05) is 36.0 Å². The fourth-order valence-electron chi connectivity index (χ4n) is 0.993. The molecule has 0 aliphatic heterocycles. The molecule has 0 saturated heterocycles. The van der Waals surface area contributed by atoms with Crippen LogP contribution in [-0.2, 0) is 0 Å². The maximum Gasteiger partial charge on any atom is -0.0135 e. The van der Waals surface area contributed by atoms with E-state index in [2.05, 4.69) is 37.8 Å². The van der Waals surface area contributed by atoms with Gasteiger partial charge in [0.25, 0.3) is 0 Å². The minimum absolute atomic E-state index is 0.990. The highest BCUT2D eigenvalue weighted by atomic mass is 14.0. The fourth-order valence-corrected chi connectivity index (χ4v) is 0.993. The molecule has 0 nitrogen and oxygen atoms in total. The first-order valence-electron chi connectivity index (χ1n) is 3.50. The molecule has 1 aliphatic rings. The highest BCUT2D eigenvalue weighted by molar-refractivity contribution is 5.43. The molecule has 0 fully saturated rings. The van der Waals surface area contributed by atoms with Gasteiger partial charge in [-0.3, -0.25) is 0 Å². The Morgan fingerprint density at radius 2 is 2.10 bits per heavy atom. The Hall–Kier alpha value is -1.04. The molecular weight excluding hydrogens is 120 g/mol. The molecule has 0 atom stereocenters. The topological polar surface area (TPSA) is 0 Å². The Morgan fingerprint density at radius 1 is 1.50 bits per heavy atom. The van der Waals surface area contributed by atoms with Crippen LogP contribution in [0.25, 0.3) is 0 Å². The lowest BCUT2D eigenvalue weighted by Crippen LogP contribution is -1.77. The summed E-state index contributed by atoms with van der Waals surface area (Å²) in [7, 11) is 0. The Morgan fingerprint density at radius 3 is 2.60 bits per heavy atom. The quantitative estimate of drug-likeness (QED) is 0.507. The standard InChI is InChI=1S/C10H12/c1-3-6-9(2)10-7-4-5-8-10/h3-5,7-8H,1,6H2,2H3. The zero-order chi connectivity index (χ0) is 7.40. The molecule has 0 heterocycles. The number of hydrogen-bond donors (Lipinski definition) is 0. The molecule has 1 aliphatic carbocycles. The van der Waals surface area contributed by atoms with E-state index in [0.29, 0.717) is 0 Å². The minimum atomic E-state index is 0.990. The van der Waals surface area contributed by atoms with Crippen LogP contribution in [0.15, 0.2) is 48.1 Å². The van der Waals surface area contributed by atoms with Crippen molar-refractivity contribution in [1.29, 1.82) is 0 Å². The van der Waals surface area contributed by atoms with Crippen molar-refractivity contribution in [3.8, 4) is 0 Å². The summed E-state index contributed by atoms with van der Waals surface area (Å²) in [5.41, 5.74) is 2.72. The predicted molar refractivity (Wildman–Crippen MR) is 45.8 cm³/mol. The smallest absolute Gasteiger partial charge is 0.0135 e. The van der Waals surface area contributed by atoms with E-state index in [-0.39, 0.29) is 0 Å². The van der Waals surface area contributed by atoms with Crippen molar-refractivity contribution in [3.63, 3.8) is 0 Å². The first kappa shape index (κ1) is 7.07. The van der Waals surface area contributed by atoms with Crippen molar-refractivity contribution >= 4 is 0 Å². The zero-order valence-electron chi connectivity index (χ0n) is 6.30. The average molecular weight is 132 g/mol. The average Bonchev–Trinajstić information content (AvgIpc) is 2.38. The van der Waals surface area contributed by atoms with Crippen molar-refractivity contribution < 1.29 is 0 Å². The Kier molecular flexibility index (Phi) is 2.27. The SMILES string of the molecule is C=CCC(C)=C1C=CC=C1. The van der Waals surface area contributed by atoms with E-state index in [1.165, 1.54) is 11.1 Å². The van der Waals surface area contributed by atoms with E-state index in [1.807, 2.05) is 6.08 Å². The molecule has 0 spiro atoms. The van der Waals surface area contributed by atoms with Crippen molar-refractivity contribution in [2.24, 2.45) is 0 Å². The monoisotopic (exact) mass is 132 g/mol. The highest BCUT2D eigenvalue weighted by Gasteiger charge is 1.95. The van der Waals surface area contributed by atoms with Crippen LogP contribution in [0.3, 0.4) is 0 Å². The molecule has 0 aromatic carbocycles. The molecule has 0 aromatic heterocycles. The van der Waals surface area contributed by atoms with Gasteiger partial charge in [0.15, 0.2) is 0 Å². The summed E-state index contributed by atoms with van der Waals surface area (Å²) in [6.07, 6.45) is 11.3. The van der Waals surface area contributed by atoms with Crippen molar-refractivity contribution in [2.75, 3.05) is 0 Å². The van der Waals surface area contributed by atoms with Crippen LogP contribution in [0.5, 0.6) is 0 Å². The zero-order valence-corrected chi connectivity index (χ0v) is 6.30. The number of allylic oxidation sites excluding steroid dienone is 7. The first-order chi connectivity index (χ1) is 4.84. The summed E-state index contributed by atoms with van der Waals surface area (Å²) in [6.45, 7) is 5.83.